The first-order valence-electron chi connectivity index (χ1n) is 8.97. The molecule has 0 atom stereocenters. The molecule has 140 valence electrons. The van der Waals surface area contributed by atoms with Crippen LogP contribution in [0.5, 0.6) is 0 Å². The van der Waals surface area contributed by atoms with Crippen LogP contribution in [0.3, 0.4) is 0 Å². The third-order valence-corrected chi connectivity index (χ3v) is 4.67. The van der Waals surface area contributed by atoms with Crippen LogP contribution in [-0.2, 0) is 14.4 Å². The molecule has 2 N–H and O–H groups in total. The topological polar surface area (TPSA) is 91.7 Å². The van der Waals surface area contributed by atoms with Crippen LogP contribution in [0.1, 0.15) is 91.9 Å². The van der Waals surface area contributed by atoms with Crippen molar-refractivity contribution in [2.24, 2.45) is 10.8 Å². The van der Waals surface area contributed by atoms with Gasteiger partial charge in [-0.15, -0.1) is 0 Å². The van der Waals surface area contributed by atoms with Crippen molar-refractivity contribution in [2.45, 2.75) is 91.9 Å². The van der Waals surface area contributed by atoms with Crippen molar-refractivity contribution >= 4 is 17.7 Å². The molecule has 0 aromatic heterocycles. The van der Waals surface area contributed by atoms with E-state index >= 15 is 0 Å². The van der Waals surface area contributed by atoms with Gasteiger partial charge in [-0.1, -0.05) is 25.7 Å². The first-order valence-corrected chi connectivity index (χ1v) is 8.97. The van der Waals surface area contributed by atoms with Gasteiger partial charge in [-0.05, 0) is 53.4 Å². The molecule has 0 amide bonds. The van der Waals surface area contributed by atoms with Crippen molar-refractivity contribution in [2.75, 3.05) is 0 Å². The summed E-state index contributed by atoms with van der Waals surface area (Å²) in [7, 11) is 0. The number of hydrogen-bond donors (Lipinski definition) is 2. The minimum Gasteiger partial charge on any atom is -0.481 e. The number of hydrogen-bond acceptors (Lipinski definition) is 3. The SMILES string of the molecule is CC(C)(CCCCCC(=O)CCCCCC(C)(C)C(=O)O)C(=O)O. The second-order valence-electron chi connectivity index (χ2n) is 8.04. The Hall–Kier alpha value is -1.39. The largest absolute Gasteiger partial charge is 0.481 e. The molecule has 0 radical (unpaired) electrons. The molecule has 5 nitrogen and oxygen atoms in total. The Labute approximate surface area is 145 Å². The molecule has 5 heteroatoms. The van der Waals surface area contributed by atoms with E-state index in [-0.39, 0.29) is 5.78 Å². The Morgan fingerprint density at radius 1 is 0.625 bits per heavy atom. The van der Waals surface area contributed by atoms with E-state index in [4.69, 9.17) is 10.2 Å². The maximum atomic E-state index is 11.8. The second kappa shape index (κ2) is 10.5. The fourth-order valence-electron chi connectivity index (χ4n) is 2.47. The van der Waals surface area contributed by atoms with E-state index in [0.29, 0.717) is 25.7 Å². The van der Waals surface area contributed by atoms with Crippen molar-refractivity contribution in [1.82, 2.24) is 0 Å². The summed E-state index contributed by atoms with van der Waals surface area (Å²) in [6, 6.07) is 0. The summed E-state index contributed by atoms with van der Waals surface area (Å²) in [5, 5.41) is 18.0. The molecule has 0 aliphatic heterocycles. The van der Waals surface area contributed by atoms with Gasteiger partial charge >= 0.3 is 11.9 Å². The molecule has 0 bridgehead atoms. The van der Waals surface area contributed by atoms with Crippen LogP contribution in [0.4, 0.5) is 0 Å². The van der Waals surface area contributed by atoms with Crippen molar-refractivity contribution in [1.29, 1.82) is 0 Å². The molecule has 24 heavy (non-hydrogen) atoms. The molecule has 0 aliphatic rings. The maximum absolute atomic E-state index is 11.8. The third-order valence-electron chi connectivity index (χ3n) is 4.67. The van der Waals surface area contributed by atoms with Gasteiger partial charge in [0.15, 0.2) is 0 Å². The summed E-state index contributed by atoms with van der Waals surface area (Å²) < 4.78 is 0. The molecular formula is C19H34O5. The monoisotopic (exact) mass is 342 g/mol. The molecule has 0 fully saturated rings. The summed E-state index contributed by atoms with van der Waals surface area (Å²) in [5.41, 5.74) is -1.37. The molecule has 0 heterocycles. The maximum Gasteiger partial charge on any atom is 0.309 e. The van der Waals surface area contributed by atoms with E-state index in [1.165, 1.54) is 0 Å². The lowest BCUT2D eigenvalue weighted by Crippen LogP contribution is -2.23. The summed E-state index contributed by atoms with van der Waals surface area (Å²) in [6.07, 6.45) is 7.47. The van der Waals surface area contributed by atoms with E-state index in [0.717, 1.165) is 38.5 Å². The number of unbranched alkanes of at least 4 members (excludes halogenated alkanes) is 4. The first kappa shape index (κ1) is 22.6. The normalized spacial score (nSPS) is 12.2. The molecule has 0 saturated heterocycles. The highest BCUT2D eigenvalue weighted by Crippen LogP contribution is 2.25. The van der Waals surface area contributed by atoms with Crippen LogP contribution >= 0.6 is 0 Å². The first-order chi connectivity index (χ1) is 11.0. The number of carboxylic acid groups (broad SMARTS) is 2. The highest BCUT2D eigenvalue weighted by molar-refractivity contribution is 5.78. The highest BCUT2D eigenvalue weighted by atomic mass is 16.4. The lowest BCUT2D eigenvalue weighted by molar-refractivity contribution is -0.148. The van der Waals surface area contributed by atoms with Gasteiger partial charge in [-0.25, -0.2) is 0 Å². The number of Topliss-reactive ketones (excluding diaryl/α,β-unsaturated/α-hetero) is 1. The van der Waals surface area contributed by atoms with E-state index in [1.54, 1.807) is 27.7 Å². The summed E-state index contributed by atoms with van der Waals surface area (Å²) in [4.78, 5) is 33.7. The van der Waals surface area contributed by atoms with Gasteiger partial charge in [-0.3, -0.25) is 14.4 Å². The zero-order chi connectivity index (χ0) is 18.8. The number of carbonyl (C=O) groups is 3. The molecule has 0 aromatic carbocycles. The van der Waals surface area contributed by atoms with Gasteiger partial charge < -0.3 is 10.2 Å². The van der Waals surface area contributed by atoms with Crippen LogP contribution < -0.4 is 0 Å². The molecule has 0 aliphatic carbocycles. The number of rotatable bonds is 14. The molecule has 0 unspecified atom stereocenters. The smallest absolute Gasteiger partial charge is 0.309 e. The van der Waals surface area contributed by atoms with Crippen molar-refractivity contribution in [3.05, 3.63) is 0 Å². The summed E-state index contributed by atoms with van der Waals surface area (Å²) in [5.74, 6) is -1.29. The molecular weight excluding hydrogens is 308 g/mol. The Kier molecular flexibility index (Phi) is 9.86. The van der Waals surface area contributed by atoms with Crippen molar-refractivity contribution in [3.63, 3.8) is 0 Å². The van der Waals surface area contributed by atoms with Crippen LogP contribution in [0, 0.1) is 10.8 Å². The fourth-order valence-corrected chi connectivity index (χ4v) is 2.47. The van der Waals surface area contributed by atoms with Crippen LogP contribution in [0.25, 0.3) is 0 Å². The van der Waals surface area contributed by atoms with E-state index in [2.05, 4.69) is 0 Å². The predicted octanol–water partition coefficient (Wildman–Crippen LogP) is 4.68. The quantitative estimate of drug-likeness (QED) is 0.447. The van der Waals surface area contributed by atoms with Gasteiger partial charge in [-0.2, -0.15) is 0 Å². The summed E-state index contributed by atoms with van der Waals surface area (Å²) >= 11 is 0. The molecule has 0 aromatic rings. The van der Waals surface area contributed by atoms with Crippen molar-refractivity contribution < 1.29 is 24.6 Å². The number of ketones is 1. The molecule has 0 saturated carbocycles. The van der Waals surface area contributed by atoms with Gasteiger partial charge in [0.25, 0.3) is 0 Å². The van der Waals surface area contributed by atoms with Gasteiger partial charge in [0.1, 0.15) is 5.78 Å². The average Bonchev–Trinajstić information content (AvgIpc) is 2.45. The Balaban J connectivity index is 3.65. The van der Waals surface area contributed by atoms with E-state index in [1.807, 2.05) is 0 Å². The van der Waals surface area contributed by atoms with Gasteiger partial charge in [0, 0.05) is 12.8 Å². The lowest BCUT2D eigenvalue weighted by atomic mass is 9.86. The Bertz CT molecular complexity index is 385. The number of aliphatic carboxylic acids is 2. The Morgan fingerprint density at radius 3 is 1.25 bits per heavy atom. The van der Waals surface area contributed by atoms with Crippen molar-refractivity contribution in [3.8, 4) is 0 Å². The van der Waals surface area contributed by atoms with Crippen LogP contribution in [0.15, 0.2) is 0 Å². The molecule has 0 rings (SSSR count). The zero-order valence-corrected chi connectivity index (χ0v) is 15.7. The molecule has 0 spiro atoms. The third kappa shape index (κ3) is 9.68. The van der Waals surface area contributed by atoms with Gasteiger partial charge in [0.2, 0.25) is 0 Å². The van der Waals surface area contributed by atoms with E-state index in [9.17, 15) is 14.4 Å². The van der Waals surface area contributed by atoms with Gasteiger partial charge in [0.05, 0.1) is 10.8 Å². The standard InChI is InChI=1S/C19H34O5/c1-18(2,16(21)22)13-9-5-7-11-15(20)12-8-6-10-14-19(3,4)17(23)24/h5-14H2,1-4H3,(H,21,22)(H,23,24). The van der Waals surface area contributed by atoms with E-state index < -0.39 is 22.8 Å². The fraction of sp³-hybridized carbons (Fsp3) is 0.842. The lowest BCUT2D eigenvalue weighted by Gasteiger charge is -2.18. The predicted molar refractivity (Wildman–Crippen MR) is 94.0 cm³/mol. The number of carboxylic acids is 2. The van der Waals surface area contributed by atoms with Crippen LogP contribution in [0.2, 0.25) is 0 Å². The zero-order valence-electron chi connectivity index (χ0n) is 15.7. The minimum atomic E-state index is -0.773. The Morgan fingerprint density at radius 2 is 0.958 bits per heavy atom. The van der Waals surface area contributed by atoms with Crippen LogP contribution in [-0.4, -0.2) is 27.9 Å². The highest BCUT2D eigenvalue weighted by Gasteiger charge is 2.26. The number of carbonyl (C=O) groups excluding carboxylic acids is 1. The average molecular weight is 342 g/mol. The summed E-state index contributed by atoms with van der Waals surface area (Å²) in [6.45, 7) is 6.91. The second-order valence-corrected chi connectivity index (χ2v) is 8.04. The minimum absolute atomic E-state index is 0.255.